The van der Waals surface area contributed by atoms with Gasteiger partial charge in [-0.3, -0.25) is 9.59 Å². The zero-order valence-corrected chi connectivity index (χ0v) is 17.6. The first-order valence-corrected chi connectivity index (χ1v) is 9.98. The number of piperidine rings is 1. The second-order valence-corrected chi connectivity index (χ2v) is 7.49. The van der Waals surface area contributed by atoms with Crippen LogP contribution >= 0.6 is 12.4 Å². The lowest BCUT2D eigenvalue weighted by Gasteiger charge is -2.23. The minimum Gasteiger partial charge on any atom is -0.352 e. The number of rotatable bonds is 7. The zero-order valence-electron chi connectivity index (χ0n) is 16.7. The van der Waals surface area contributed by atoms with Crippen molar-refractivity contribution >= 4 is 18.3 Å². The van der Waals surface area contributed by atoms with Crippen LogP contribution in [-0.4, -0.2) is 30.1 Å². The number of aryl methyl sites for hydroxylation is 2. The standard InChI is InChI=1S/C22H28FN3O2.ClH/c1-16-10-13-26(15-17-6-4-11-24-14-17)22(28)20(16)21(27)25-12-5-8-18-7-2-3-9-19(18)23;/h2-3,7,9-10,13,17,24H,4-6,8,11-12,14-15H2,1H3,(H,25,27);1H. The number of hydrogen-bond donors (Lipinski definition) is 2. The summed E-state index contributed by atoms with van der Waals surface area (Å²) in [4.78, 5) is 25.4. The Morgan fingerprint density at radius 2 is 2.10 bits per heavy atom. The number of benzene rings is 1. The molecule has 1 amide bonds. The SMILES string of the molecule is Cc1ccn(CC2CCCNC2)c(=O)c1C(=O)NCCCc1ccccc1F.Cl. The van der Waals surface area contributed by atoms with Gasteiger partial charge in [-0.15, -0.1) is 12.4 Å². The number of halogens is 2. The van der Waals surface area contributed by atoms with Gasteiger partial charge in [0.1, 0.15) is 11.4 Å². The van der Waals surface area contributed by atoms with Gasteiger partial charge in [0.2, 0.25) is 0 Å². The van der Waals surface area contributed by atoms with Crippen molar-refractivity contribution in [3.63, 3.8) is 0 Å². The van der Waals surface area contributed by atoms with Crippen LogP contribution in [0.1, 0.15) is 40.7 Å². The summed E-state index contributed by atoms with van der Waals surface area (Å²) < 4.78 is 15.3. The van der Waals surface area contributed by atoms with Crippen LogP contribution < -0.4 is 16.2 Å². The summed E-state index contributed by atoms with van der Waals surface area (Å²) in [7, 11) is 0. The van der Waals surface area contributed by atoms with E-state index >= 15 is 0 Å². The number of carbonyl (C=O) groups is 1. The number of nitrogens with one attached hydrogen (secondary N) is 2. The molecule has 2 N–H and O–H groups in total. The van der Waals surface area contributed by atoms with E-state index in [-0.39, 0.29) is 35.3 Å². The van der Waals surface area contributed by atoms with Gasteiger partial charge < -0.3 is 15.2 Å². The van der Waals surface area contributed by atoms with Gasteiger partial charge in [0.05, 0.1) is 0 Å². The third kappa shape index (κ3) is 6.15. The van der Waals surface area contributed by atoms with Crippen molar-refractivity contribution in [2.24, 2.45) is 5.92 Å². The van der Waals surface area contributed by atoms with E-state index < -0.39 is 0 Å². The van der Waals surface area contributed by atoms with Crippen molar-refractivity contribution in [1.82, 2.24) is 15.2 Å². The van der Waals surface area contributed by atoms with E-state index in [1.165, 1.54) is 6.07 Å². The van der Waals surface area contributed by atoms with Gasteiger partial charge in [-0.2, -0.15) is 0 Å². The Bertz CT molecular complexity index is 879. The summed E-state index contributed by atoms with van der Waals surface area (Å²) in [5.41, 5.74) is 1.28. The maximum atomic E-state index is 13.6. The Labute approximate surface area is 177 Å². The zero-order chi connectivity index (χ0) is 19.9. The quantitative estimate of drug-likeness (QED) is 0.675. The predicted octanol–water partition coefficient (Wildman–Crippen LogP) is 3.08. The highest BCUT2D eigenvalue weighted by Gasteiger charge is 2.18. The molecule has 3 rings (SSSR count). The molecule has 1 aromatic carbocycles. The molecule has 0 bridgehead atoms. The first-order valence-electron chi connectivity index (χ1n) is 9.98. The molecule has 0 saturated carbocycles. The first-order chi connectivity index (χ1) is 13.6. The number of aromatic nitrogens is 1. The molecule has 2 aromatic rings. The number of carbonyl (C=O) groups excluding carboxylic acids is 1. The van der Waals surface area contributed by atoms with Crippen LogP contribution in [0.15, 0.2) is 41.3 Å². The molecule has 1 aromatic heterocycles. The highest BCUT2D eigenvalue weighted by atomic mass is 35.5. The molecule has 1 atom stereocenters. The van der Waals surface area contributed by atoms with Gasteiger partial charge in [-0.05, 0) is 74.9 Å². The lowest BCUT2D eigenvalue weighted by molar-refractivity contribution is 0.0950. The van der Waals surface area contributed by atoms with Crippen LogP contribution in [0.3, 0.4) is 0 Å². The highest BCUT2D eigenvalue weighted by molar-refractivity contribution is 5.95. The van der Waals surface area contributed by atoms with Gasteiger partial charge in [-0.1, -0.05) is 18.2 Å². The highest BCUT2D eigenvalue weighted by Crippen LogP contribution is 2.13. The Balaban J connectivity index is 0.00000300. The molecule has 2 heterocycles. The Hall–Kier alpha value is -2.18. The second kappa shape index (κ2) is 11.1. The molecule has 0 spiro atoms. The molecule has 0 aliphatic carbocycles. The summed E-state index contributed by atoms with van der Waals surface area (Å²) in [6, 6.07) is 8.47. The fraction of sp³-hybridized carbons (Fsp3) is 0.455. The second-order valence-electron chi connectivity index (χ2n) is 7.49. The third-order valence-electron chi connectivity index (χ3n) is 5.32. The maximum absolute atomic E-state index is 13.6. The minimum atomic E-state index is -0.354. The molecule has 5 nitrogen and oxygen atoms in total. The molecule has 0 radical (unpaired) electrons. The molecule has 1 aliphatic rings. The number of pyridine rings is 1. The molecule has 1 unspecified atom stereocenters. The lowest BCUT2D eigenvalue weighted by atomic mass is 9.99. The molecular formula is C22H29ClFN3O2. The van der Waals surface area contributed by atoms with E-state index in [1.54, 1.807) is 35.9 Å². The first kappa shape index (κ1) is 23.1. The van der Waals surface area contributed by atoms with Crippen molar-refractivity contribution < 1.29 is 9.18 Å². The largest absolute Gasteiger partial charge is 0.352 e. The summed E-state index contributed by atoms with van der Waals surface area (Å²) >= 11 is 0. The van der Waals surface area contributed by atoms with Gasteiger partial charge in [0.25, 0.3) is 11.5 Å². The van der Waals surface area contributed by atoms with E-state index in [2.05, 4.69) is 10.6 Å². The summed E-state index contributed by atoms with van der Waals surface area (Å²) in [6.07, 6.45) is 5.13. The molecule has 1 fully saturated rings. The molecule has 1 aliphatic heterocycles. The number of nitrogens with zero attached hydrogens (tertiary/aromatic N) is 1. The predicted molar refractivity (Wildman–Crippen MR) is 115 cm³/mol. The van der Waals surface area contributed by atoms with Crippen LogP contribution in [-0.2, 0) is 13.0 Å². The molecule has 29 heavy (non-hydrogen) atoms. The van der Waals surface area contributed by atoms with Crippen molar-refractivity contribution in [2.45, 2.75) is 39.2 Å². The van der Waals surface area contributed by atoms with E-state index in [9.17, 15) is 14.0 Å². The van der Waals surface area contributed by atoms with Crippen LogP contribution in [0.4, 0.5) is 4.39 Å². The fourth-order valence-electron chi connectivity index (χ4n) is 3.71. The van der Waals surface area contributed by atoms with Crippen molar-refractivity contribution in [3.8, 4) is 0 Å². The Morgan fingerprint density at radius 1 is 1.31 bits per heavy atom. The van der Waals surface area contributed by atoms with Gasteiger partial charge in [-0.25, -0.2) is 4.39 Å². The normalized spacial score (nSPS) is 16.1. The smallest absolute Gasteiger partial charge is 0.263 e. The topological polar surface area (TPSA) is 63.1 Å². The summed E-state index contributed by atoms with van der Waals surface area (Å²) in [5.74, 6) is -0.175. The average Bonchev–Trinajstić information content (AvgIpc) is 2.70. The number of amides is 1. The minimum absolute atomic E-state index is 0. The van der Waals surface area contributed by atoms with Gasteiger partial charge in [0.15, 0.2) is 0 Å². The lowest BCUT2D eigenvalue weighted by Crippen LogP contribution is -2.38. The van der Waals surface area contributed by atoms with Gasteiger partial charge in [0, 0.05) is 19.3 Å². The van der Waals surface area contributed by atoms with E-state index in [0.717, 1.165) is 25.9 Å². The maximum Gasteiger partial charge on any atom is 0.263 e. The Kier molecular flexibility index (Phi) is 8.86. The van der Waals surface area contributed by atoms with E-state index in [1.807, 2.05) is 6.07 Å². The van der Waals surface area contributed by atoms with Crippen molar-refractivity contribution in [3.05, 3.63) is 69.4 Å². The average molecular weight is 422 g/mol. The van der Waals surface area contributed by atoms with Crippen LogP contribution in [0.25, 0.3) is 0 Å². The monoisotopic (exact) mass is 421 g/mol. The van der Waals surface area contributed by atoms with Crippen LogP contribution in [0.5, 0.6) is 0 Å². The van der Waals surface area contributed by atoms with Crippen molar-refractivity contribution in [2.75, 3.05) is 19.6 Å². The summed E-state index contributed by atoms with van der Waals surface area (Å²) in [6.45, 7) is 4.73. The van der Waals surface area contributed by atoms with Crippen LogP contribution in [0, 0.1) is 18.7 Å². The molecule has 1 saturated heterocycles. The van der Waals surface area contributed by atoms with E-state index in [0.29, 0.717) is 43.0 Å². The van der Waals surface area contributed by atoms with Gasteiger partial charge >= 0.3 is 0 Å². The van der Waals surface area contributed by atoms with E-state index in [4.69, 9.17) is 0 Å². The van der Waals surface area contributed by atoms with Crippen molar-refractivity contribution in [1.29, 1.82) is 0 Å². The molecule has 7 heteroatoms. The fourth-order valence-corrected chi connectivity index (χ4v) is 3.71. The third-order valence-corrected chi connectivity index (χ3v) is 5.32. The number of hydrogen-bond acceptors (Lipinski definition) is 3. The van der Waals surface area contributed by atoms with Crippen LogP contribution in [0.2, 0.25) is 0 Å². The molecular weight excluding hydrogens is 393 g/mol. The Morgan fingerprint density at radius 3 is 2.83 bits per heavy atom. The summed E-state index contributed by atoms with van der Waals surface area (Å²) in [5, 5.41) is 6.17. The molecule has 158 valence electrons.